The molecule has 1 aromatic carbocycles. The van der Waals surface area contributed by atoms with Crippen LogP contribution in [0.15, 0.2) is 30.3 Å². The van der Waals surface area contributed by atoms with Crippen LogP contribution in [0, 0.1) is 24.2 Å². The number of ketones is 1. The Morgan fingerprint density at radius 1 is 1.26 bits per heavy atom. The van der Waals surface area contributed by atoms with Crippen LogP contribution in [0.1, 0.15) is 53.0 Å². The number of aryl methyl sites for hydroxylation is 1. The number of benzene rings is 1. The van der Waals surface area contributed by atoms with Gasteiger partial charge in [0, 0.05) is 40.6 Å². The van der Waals surface area contributed by atoms with Gasteiger partial charge in [-0.05, 0) is 69.4 Å². The molecular weight excluding hydrogens is 390 g/mol. The second kappa shape index (κ2) is 8.23. The van der Waals surface area contributed by atoms with Crippen molar-refractivity contribution < 1.29 is 14.6 Å². The van der Waals surface area contributed by atoms with Gasteiger partial charge in [-0.3, -0.25) is 9.69 Å². The van der Waals surface area contributed by atoms with Gasteiger partial charge >= 0.3 is 0 Å². The molecule has 6 heteroatoms. The Kier molecular flexibility index (Phi) is 5.43. The summed E-state index contributed by atoms with van der Waals surface area (Å²) in [6.45, 7) is 4.03. The fourth-order valence-electron chi connectivity index (χ4n) is 5.55. The number of Topliss-reactive ketones (excluding diaryl/α,β-unsaturated/α-hetero) is 1. The van der Waals surface area contributed by atoms with Crippen molar-refractivity contribution in [2.75, 3.05) is 19.8 Å². The average Bonchev–Trinajstić information content (AvgIpc) is 3.37. The molecule has 0 spiro atoms. The van der Waals surface area contributed by atoms with E-state index in [9.17, 15) is 9.90 Å². The number of aromatic nitrogens is 1. The molecule has 4 heterocycles. The minimum Gasteiger partial charge on any atom is -0.391 e. The molecule has 3 atom stereocenters. The summed E-state index contributed by atoms with van der Waals surface area (Å²) in [5.41, 5.74) is 4.45. The number of nitriles is 1. The Bertz CT molecular complexity index is 1020. The van der Waals surface area contributed by atoms with Crippen LogP contribution in [0.25, 0.3) is 5.69 Å². The van der Waals surface area contributed by atoms with Crippen LogP contribution >= 0.6 is 0 Å². The molecular formula is C25H29N3O3. The first kappa shape index (κ1) is 20.4. The number of ether oxygens (including phenoxy) is 1. The summed E-state index contributed by atoms with van der Waals surface area (Å²) in [6, 6.07) is 12.2. The highest BCUT2D eigenvalue weighted by Gasteiger charge is 2.46. The number of fused-ring (bicyclic) bond motifs is 2. The summed E-state index contributed by atoms with van der Waals surface area (Å²) in [6.07, 6.45) is 4.48. The molecule has 31 heavy (non-hydrogen) atoms. The standard InChI is InChI=1S/C25H29N3O3/c1-16-22(25(30)13-27-20-8-9-23(27)24(29)11-20)10-21(7-4-18-14-31-15-18)28(16)19-5-2-17(12-26)3-6-19/h2-3,5-6,10,18,20,23-24,29H,4,7-9,11,13-15H2,1H3/t20?,23?,24-/m0/s1. The first-order valence-corrected chi connectivity index (χ1v) is 11.3. The predicted octanol–water partition coefficient (Wildman–Crippen LogP) is 3.02. The quantitative estimate of drug-likeness (QED) is 0.698. The Labute approximate surface area is 183 Å². The summed E-state index contributed by atoms with van der Waals surface area (Å²) in [5, 5.41) is 19.4. The van der Waals surface area contributed by atoms with Gasteiger partial charge in [0.1, 0.15) is 0 Å². The predicted molar refractivity (Wildman–Crippen MR) is 116 cm³/mol. The second-order valence-corrected chi connectivity index (χ2v) is 9.27. The Morgan fingerprint density at radius 3 is 2.61 bits per heavy atom. The molecule has 3 aliphatic rings. The largest absolute Gasteiger partial charge is 0.391 e. The van der Waals surface area contributed by atoms with E-state index in [1.807, 2.05) is 31.2 Å². The van der Waals surface area contributed by atoms with Crippen LogP contribution in [0.2, 0.25) is 0 Å². The molecule has 2 aromatic rings. The Balaban J connectivity index is 1.43. The van der Waals surface area contributed by atoms with Crippen LogP contribution in [0.3, 0.4) is 0 Å². The summed E-state index contributed by atoms with van der Waals surface area (Å²) in [5.74, 6) is 0.717. The molecule has 0 saturated carbocycles. The van der Waals surface area contributed by atoms with Crippen LogP contribution < -0.4 is 0 Å². The van der Waals surface area contributed by atoms with Gasteiger partial charge in [0.2, 0.25) is 0 Å². The lowest BCUT2D eigenvalue weighted by molar-refractivity contribution is -0.0353. The molecule has 0 radical (unpaired) electrons. The van der Waals surface area contributed by atoms with E-state index >= 15 is 0 Å². The number of hydrogen-bond acceptors (Lipinski definition) is 5. The number of hydrogen-bond donors (Lipinski definition) is 1. The van der Waals surface area contributed by atoms with Crippen molar-refractivity contribution in [3.8, 4) is 11.8 Å². The molecule has 1 aromatic heterocycles. The molecule has 3 aliphatic heterocycles. The number of rotatable bonds is 7. The third-order valence-electron chi connectivity index (χ3n) is 7.37. The normalized spacial score (nSPS) is 25.5. The van der Waals surface area contributed by atoms with Crippen molar-refractivity contribution in [2.45, 2.75) is 57.2 Å². The highest BCUT2D eigenvalue weighted by Crippen LogP contribution is 2.38. The molecule has 2 bridgehead atoms. The molecule has 162 valence electrons. The van der Waals surface area contributed by atoms with E-state index in [0.717, 1.165) is 68.0 Å². The molecule has 2 unspecified atom stereocenters. The Morgan fingerprint density at radius 2 is 2.03 bits per heavy atom. The average molecular weight is 420 g/mol. The first-order valence-electron chi connectivity index (χ1n) is 11.3. The van der Waals surface area contributed by atoms with E-state index in [4.69, 9.17) is 10.00 Å². The van der Waals surface area contributed by atoms with Gasteiger partial charge in [-0.25, -0.2) is 0 Å². The summed E-state index contributed by atoms with van der Waals surface area (Å²) < 4.78 is 7.49. The minimum atomic E-state index is -0.295. The Hall–Kier alpha value is -2.46. The van der Waals surface area contributed by atoms with Crippen molar-refractivity contribution in [1.82, 2.24) is 9.47 Å². The lowest BCUT2D eigenvalue weighted by Gasteiger charge is -2.26. The maximum absolute atomic E-state index is 13.4. The minimum absolute atomic E-state index is 0.129. The smallest absolute Gasteiger partial charge is 0.178 e. The highest BCUT2D eigenvalue weighted by molar-refractivity contribution is 5.99. The van der Waals surface area contributed by atoms with E-state index in [0.29, 0.717) is 24.1 Å². The molecule has 5 rings (SSSR count). The zero-order valence-electron chi connectivity index (χ0n) is 18.0. The van der Waals surface area contributed by atoms with Crippen molar-refractivity contribution >= 4 is 5.78 Å². The number of aliphatic hydroxyl groups excluding tert-OH is 1. The maximum Gasteiger partial charge on any atom is 0.178 e. The van der Waals surface area contributed by atoms with E-state index in [1.165, 1.54) is 0 Å². The van der Waals surface area contributed by atoms with Crippen molar-refractivity contribution in [3.63, 3.8) is 0 Å². The van der Waals surface area contributed by atoms with Crippen LogP contribution in [0.4, 0.5) is 0 Å². The van der Waals surface area contributed by atoms with Gasteiger partial charge in [-0.2, -0.15) is 5.26 Å². The van der Waals surface area contributed by atoms with Gasteiger partial charge in [-0.15, -0.1) is 0 Å². The third-order valence-corrected chi connectivity index (χ3v) is 7.37. The highest BCUT2D eigenvalue weighted by atomic mass is 16.5. The maximum atomic E-state index is 13.4. The van der Waals surface area contributed by atoms with E-state index in [2.05, 4.69) is 21.6 Å². The van der Waals surface area contributed by atoms with Crippen molar-refractivity contribution in [2.24, 2.45) is 5.92 Å². The number of aliphatic hydroxyl groups is 1. The molecule has 1 N–H and O–H groups in total. The van der Waals surface area contributed by atoms with Gasteiger partial charge in [0.15, 0.2) is 5.78 Å². The zero-order chi connectivity index (χ0) is 21.5. The first-order chi connectivity index (χ1) is 15.0. The van der Waals surface area contributed by atoms with Gasteiger partial charge in [0.25, 0.3) is 0 Å². The van der Waals surface area contributed by atoms with Crippen LogP contribution in [0.5, 0.6) is 0 Å². The summed E-state index contributed by atoms with van der Waals surface area (Å²) in [4.78, 5) is 15.6. The lowest BCUT2D eigenvalue weighted by atomic mass is 9.98. The summed E-state index contributed by atoms with van der Waals surface area (Å²) in [7, 11) is 0. The van der Waals surface area contributed by atoms with Crippen molar-refractivity contribution in [3.05, 3.63) is 52.8 Å². The van der Waals surface area contributed by atoms with E-state index < -0.39 is 0 Å². The molecule has 6 nitrogen and oxygen atoms in total. The molecule has 0 amide bonds. The molecule has 0 aliphatic carbocycles. The van der Waals surface area contributed by atoms with E-state index in [1.54, 1.807) is 0 Å². The zero-order valence-corrected chi connectivity index (χ0v) is 18.0. The molecule has 3 saturated heterocycles. The fourth-order valence-corrected chi connectivity index (χ4v) is 5.55. The van der Waals surface area contributed by atoms with E-state index in [-0.39, 0.29) is 17.9 Å². The second-order valence-electron chi connectivity index (χ2n) is 9.27. The number of carbonyl (C=O) groups excluding carboxylic acids is 1. The molecule has 3 fully saturated rings. The fraction of sp³-hybridized carbons (Fsp3) is 0.520. The monoisotopic (exact) mass is 419 g/mol. The van der Waals surface area contributed by atoms with Gasteiger partial charge < -0.3 is 14.4 Å². The number of nitrogens with zero attached hydrogens (tertiary/aromatic N) is 3. The van der Waals surface area contributed by atoms with Crippen LogP contribution in [-0.2, 0) is 11.2 Å². The lowest BCUT2D eigenvalue weighted by Crippen LogP contribution is -2.36. The van der Waals surface area contributed by atoms with Crippen LogP contribution in [-0.4, -0.2) is 58.3 Å². The summed E-state index contributed by atoms with van der Waals surface area (Å²) >= 11 is 0. The SMILES string of the molecule is Cc1c(C(=O)CN2C3CCC2[C@@H](O)C3)cc(CCC2COC2)n1-c1ccc(C#N)cc1. The van der Waals surface area contributed by atoms with Gasteiger partial charge in [-0.1, -0.05) is 0 Å². The topological polar surface area (TPSA) is 78.5 Å². The van der Waals surface area contributed by atoms with Crippen molar-refractivity contribution in [1.29, 1.82) is 5.26 Å². The third kappa shape index (κ3) is 3.71. The number of carbonyl (C=O) groups is 1. The van der Waals surface area contributed by atoms with Gasteiger partial charge in [0.05, 0.1) is 37.5 Å².